The van der Waals surface area contributed by atoms with Crippen LogP contribution in [0.4, 0.5) is 0 Å². The van der Waals surface area contributed by atoms with Crippen molar-refractivity contribution in [2.24, 2.45) is 12.9 Å². The Hall–Kier alpha value is -1.28. The molecular formula is C7H13N5O2S. The number of rotatable bonds is 5. The molecule has 0 spiro atoms. The lowest BCUT2D eigenvalue weighted by Gasteiger charge is -1.99. The molecule has 1 heterocycles. The number of nitrogens with two attached hydrogens (primary N) is 1. The highest BCUT2D eigenvalue weighted by atomic mass is 32.2. The molecule has 0 radical (unpaired) electrons. The van der Waals surface area contributed by atoms with Gasteiger partial charge in [0.2, 0.25) is 5.91 Å². The molecule has 0 saturated carbocycles. The van der Waals surface area contributed by atoms with E-state index in [1.807, 2.05) is 0 Å². The van der Waals surface area contributed by atoms with Gasteiger partial charge in [0.05, 0.1) is 0 Å². The maximum Gasteiger partial charge on any atom is 0.343 e. The van der Waals surface area contributed by atoms with Crippen LogP contribution in [0.3, 0.4) is 0 Å². The number of aromatic nitrogens is 3. The number of H-pyrrole nitrogens is 1. The second-order valence-corrected chi connectivity index (χ2v) is 3.95. The SMILES string of the molecule is Cn1c(SCCCC(=O)NN)n[nH]c1=O. The van der Waals surface area contributed by atoms with Crippen LogP contribution in [-0.4, -0.2) is 26.4 Å². The summed E-state index contributed by atoms with van der Waals surface area (Å²) in [5, 5.41) is 6.77. The van der Waals surface area contributed by atoms with Gasteiger partial charge in [0.1, 0.15) is 0 Å². The Morgan fingerprint density at radius 2 is 2.47 bits per heavy atom. The Morgan fingerprint density at radius 1 is 1.73 bits per heavy atom. The van der Waals surface area contributed by atoms with Crippen LogP contribution in [0.15, 0.2) is 9.95 Å². The molecule has 0 fully saturated rings. The summed E-state index contributed by atoms with van der Waals surface area (Å²) in [6.45, 7) is 0. The normalized spacial score (nSPS) is 10.3. The van der Waals surface area contributed by atoms with E-state index in [0.717, 1.165) is 0 Å². The number of hydrazine groups is 1. The fourth-order valence-electron chi connectivity index (χ4n) is 0.930. The topological polar surface area (TPSA) is 106 Å². The van der Waals surface area contributed by atoms with Gasteiger partial charge in [0.15, 0.2) is 5.16 Å². The van der Waals surface area contributed by atoms with Gasteiger partial charge in [0, 0.05) is 19.2 Å². The van der Waals surface area contributed by atoms with Gasteiger partial charge in [-0.2, -0.15) is 0 Å². The number of thioether (sulfide) groups is 1. The van der Waals surface area contributed by atoms with E-state index in [2.05, 4.69) is 15.6 Å². The first kappa shape index (κ1) is 11.8. The van der Waals surface area contributed by atoms with Crippen molar-refractivity contribution in [3.63, 3.8) is 0 Å². The summed E-state index contributed by atoms with van der Waals surface area (Å²) >= 11 is 1.42. The van der Waals surface area contributed by atoms with Gasteiger partial charge in [-0.05, 0) is 6.42 Å². The van der Waals surface area contributed by atoms with E-state index in [1.54, 1.807) is 7.05 Å². The van der Waals surface area contributed by atoms with E-state index in [0.29, 0.717) is 23.8 Å². The van der Waals surface area contributed by atoms with E-state index < -0.39 is 0 Å². The lowest BCUT2D eigenvalue weighted by molar-refractivity contribution is -0.121. The second-order valence-electron chi connectivity index (χ2n) is 2.89. The maximum absolute atomic E-state index is 11.0. The van der Waals surface area contributed by atoms with Crippen LogP contribution in [0.25, 0.3) is 0 Å². The minimum atomic E-state index is -0.239. The molecule has 0 saturated heterocycles. The molecule has 15 heavy (non-hydrogen) atoms. The highest BCUT2D eigenvalue weighted by molar-refractivity contribution is 7.99. The van der Waals surface area contributed by atoms with E-state index >= 15 is 0 Å². The predicted molar refractivity (Wildman–Crippen MR) is 56.1 cm³/mol. The van der Waals surface area contributed by atoms with E-state index in [-0.39, 0.29) is 11.6 Å². The summed E-state index contributed by atoms with van der Waals surface area (Å²) < 4.78 is 1.42. The average molecular weight is 231 g/mol. The van der Waals surface area contributed by atoms with Crippen LogP contribution in [0.5, 0.6) is 0 Å². The molecule has 0 bridgehead atoms. The Bertz CT molecular complexity index is 385. The smallest absolute Gasteiger partial charge is 0.294 e. The fourth-order valence-corrected chi connectivity index (χ4v) is 1.79. The van der Waals surface area contributed by atoms with Gasteiger partial charge in [0.25, 0.3) is 0 Å². The van der Waals surface area contributed by atoms with Crippen LogP contribution < -0.4 is 17.0 Å². The molecular weight excluding hydrogens is 218 g/mol. The molecule has 0 unspecified atom stereocenters. The number of carbonyl (C=O) groups excluding carboxylic acids is 1. The fraction of sp³-hybridized carbons (Fsp3) is 0.571. The van der Waals surface area contributed by atoms with Gasteiger partial charge in [-0.15, -0.1) is 5.10 Å². The zero-order chi connectivity index (χ0) is 11.3. The third-order valence-corrected chi connectivity index (χ3v) is 2.90. The van der Waals surface area contributed by atoms with Crippen molar-refractivity contribution in [2.75, 3.05) is 5.75 Å². The van der Waals surface area contributed by atoms with Crippen molar-refractivity contribution in [2.45, 2.75) is 18.0 Å². The molecule has 0 atom stereocenters. The standard InChI is InChI=1S/C7H13N5O2S/c1-12-6(14)10-11-7(12)15-4-2-3-5(13)9-8/h2-4,8H2,1H3,(H,9,13)(H,10,14). The Kier molecular flexibility index (Phi) is 4.37. The van der Waals surface area contributed by atoms with Crippen LogP contribution >= 0.6 is 11.8 Å². The molecule has 0 aliphatic heterocycles. The van der Waals surface area contributed by atoms with Crippen LogP contribution in [0.2, 0.25) is 0 Å². The minimum Gasteiger partial charge on any atom is -0.294 e. The average Bonchev–Trinajstić information content (AvgIpc) is 2.55. The number of carbonyl (C=O) groups is 1. The Balaban J connectivity index is 2.29. The van der Waals surface area contributed by atoms with Gasteiger partial charge in [-0.1, -0.05) is 11.8 Å². The van der Waals surface area contributed by atoms with Gasteiger partial charge < -0.3 is 0 Å². The molecule has 8 heteroatoms. The summed E-state index contributed by atoms with van der Waals surface area (Å²) in [7, 11) is 1.64. The second kappa shape index (κ2) is 5.56. The van der Waals surface area contributed by atoms with Crippen molar-refractivity contribution in [1.29, 1.82) is 0 Å². The largest absolute Gasteiger partial charge is 0.343 e. The third kappa shape index (κ3) is 3.40. The van der Waals surface area contributed by atoms with E-state index in [4.69, 9.17) is 5.84 Å². The molecule has 1 amide bonds. The maximum atomic E-state index is 11.0. The number of hydrogen-bond donors (Lipinski definition) is 3. The third-order valence-electron chi connectivity index (χ3n) is 1.78. The molecule has 84 valence electrons. The molecule has 1 rings (SSSR count). The summed E-state index contributed by atoms with van der Waals surface area (Å²) in [6, 6.07) is 0. The highest BCUT2D eigenvalue weighted by Crippen LogP contribution is 2.13. The van der Waals surface area contributed by atoms with E-state index in [9.17, 15) is 9.59 Å². The monoisotopic (exact) mass is 231 g/mol. The zero-order valence-corrected chi connectivity index (χ0v) is 9.13. The molecule has 1 aromatic heterocycles. The van der Waals surface area contributed by atoms with Crippen molar-refractivity contribution in [3.05, 3.63) is 10.5 Å². The lowest BCUT2D eigenvalue weighted by atomic mass is 10.3. The van der Waals surface area contributed by atoms with Gasteiger partial charge >= 0.3 is 5.69 Å². The summed E-state index contributed by atoms with van der Waals surface area (Å²) in [4.78, 5) is 21.7. The van der Waals surface area contributed by atoms with Gasteiger partial charge in [-0.25, -0.2) is 15.7 Å². The first-order valence-corrected chi connectivity index (χ1v) is 5.37. The predicted octanol–water partition coefficient (Wildman–Crippen LogP) is -1.03. The summed E-state index contributed by atoms with van der Waals surface area (Å²) in [5.41, 5.74) is 1.82. The first-order valence-electron chi connectivity index (χ1n) is 4.38. The van der Waals surface area contributed by atoms with E-state index in [1.165, 1.54) is 16.3 Å². The molecule has 1 aromatic rings. The molecule has 7 nitrogen and oxygen atoms in total. The van der Waals surface area contributed by atoms with Crippen molar-refractivity contribution in [1.82, 2.24) is 20.2 Å². The van der Waals surface area contributed by atoms with Crippen molar-refractivity contribution < 1.29 is 4.79 Å². The number of aromatic amines is 1. The minimum absolute atomic E-state index is 0.188. The molecule has 0 aliphatic carbocycles. The number of amides is 1. The summed E-state index contributed by atoms with van der Waals surface area (Å²) in [6.07, 6.45) is 1.07. The van der Waals surface area contributed by atoms with Gasteiger partial charge in [-0.3, -0.25) is 14.8 Å². The highest BCUT2D eigenvalue weighted by Gasteiger charge is 2.04. The van der Waals surface area contributed by atoms with Crippen LogP contribution in [0.1, 0.15) is 12.8 Å². The number of nitrogens with one attached hydrogen (secondary N) is 2. The zero-order valence-electron chi connectivity index (χ0n) is 8.32. The summed E-state index contributed by atoms with van der Waals surface area (Å²) in [5.74, 6) is 5.45. The quantitative estimate of drug-likeness (QED) is 0.197. The Labute approximate surface area is 90.4 Å². The number of nitrogens with zero attached hydrogens (tertiary/aromatic N) is 2. The van der Waals surface area contributed by atoms with Crippen LogP contribution in [0, 0.1) is 0 Å². The van der Waals surface area contributed by atoms with Crippen molar-refractivity contribution in [3.8, 4) is 0 Å². The Morgan fingerprint density at radius 3 is 3.00 bits per heavy atom. The first-order chi connectivity index (χ1) is 7.15. The van der Waals surface area contributed by atoms with Crippen LogP contribution in [-0.2, 0) is 11.8 Å². The molecule has 4 N–H and O–H groups in total. The lowest BCUT2D eigenvalue weighted by Crippen LogP contribution is -2.29. The molecule has 0 aromatic carbocycles. The number of hydrogen-bond acceptors (Lipinski definition) is 5. The van der Waals surface area contributed by atoms with Crippen molar-refractivity contribution >= 4 is 17.7 Å². The molecule has 0 aliphatic rings.